The Hall–Kier alpha value is -2.04. The molecule has 164 valence electrons. The maximum atomic E-state index is 12.9. The molecule has 0 radical (unpaired) electrons. The van der Waals surface area contributed by atoms with Crippen LogP contribution in [0, 0.1) is 12.8 Å². The number of hydrogen-bond donors (Lipinski definition) is 0. The van der Waals surface area contributed by atoms with Gasteiger partial charge in [0, 0.05) is 12.8 Å². The van der Waals surface area contributed by atoms with E-state index in [1.165, 1.54) is 22.7 Å². The third-order valence-corrected chi connectivity index (χ3v) is 11.5. The maximum absolute atomic E-state index is 12.9. The van der Waals surface area contributed by atoms with Crippen molar-refractivity contribution in [3.63, 3.8) is 0 Å². The topological polar surface area (TPSA) is 82.9 Å². The van der Waals surface area contributed by atoms with Gasteiger partial charge in [-0.25, -0.2) is 9.48 Å². The van der Waals surface area contributed by atoms with E-state index < -0.39 is 14.5 Å². The van der Waals surface area contributed by atoms with Gasteiger partial charge in [0.2, 0.25) is 11.8 Å². The monoisotopic (exact) mass is 451 g/mol. The molecule has 1 saturated heterocycles. The van der Waals surface area contributed by atoms with Crippen molar-refractivity contribution in [3.8, 4) is 0 Å². The van der Waals surface area contributed by atoms with Crippen LogP contribution < -0.4 is 0 Å². The van der Waals surface area contributed by atoms with E-state index in [1.807, 2.05) is 13.1 Å². The molecule has 2 aliphatic heterocycles. The molecule has 2 atom stereocenters. The summed E-state index contributed by atoms with van der Waals surface area (Å²) in [6.07, 6.45) is 4.08. The molecule has 0 spiro atoms. The van der Waals surface area contributed by atoms with Crippen molar-refractivity contribution in [3.05, 3.63) is 36.5 Å². The quantitative estimate of drug-likeness (QED) is 0.266. The lowest BCUT2D eigenvalue weighted by Gasteiger charge is -2.44. The van der Waals surface area contributed by atoms with Gasteiger partial charge in [0.1, 0.15) is 12.0 Å². The number of fused-ring (bicyclic) bond motifs is 1. The predicted molar refractivity (Wildman–Crippen MR) is 118 cm³/mol. The highest BCUT2D eigenvalue weighted by molar-refractivity contribution is 8.08. The standard InChI is InChI=1S/C20H29N3O5SSi/c1-8-9-26-19(25)28-16-18(22-11-13(2)10-21-22)29-17-14(15(24)23(16)17)12-27-30(6,7)20(3,4)5/h8,10-11,14,17H,1,9,12H2,2-7H3/t14-,17+/m0/s1. The molecular weight excluding hydrogens is 422 g/mol. The van der Waals surface area contributed by atoms with Crippen LogP contribution in [0.5, 0.6) is 0 Å². The summed E-state index contributed by atoms with van der Waals surface area (Å²) >= 11 is 1.44. The minimum Gasteiger partial charge on any atom is -0.430 e. The summed E-state index contributed by atoms with van der Waals surface area (Å²) < 4.78 is 18.2. The summed E-state index contributed by atoms with van der Waals surface area (Å²) in [5.74, 6) is -0.284. The first-order valence-electron chi connectivity index (χ1n) is 9.81. The van der Waals surface area contributed by atoms with Crippen LogP contribution in [0.4, 0.5) is 4.79 Å². The van der Waals surface area contributed by atoms with E-state index in [0.29, 0.717) is 11.6 Å². The molecular formula is C20H29N3O5SSi. The molecule has 1 amide bonds. The number of thioether (sulfide) groups is 1. The second-order valence-electron chi connectivity index (χ2n) is 8.92. The molecule has 0 unspecified atom stereocenters. The molecule has 0 aliphatic carbocycles. The van der Waals surface area contributed by atoms with Crippen LogP contribution in [0.25, 0.3) is 5.03 Å². The maximum Gasteiger partial charge on any atom is 0.515 e. The highest BCUT2D eigenvalue weighted by Gasteiger charge is 2.57. The molecule has 2 aliphatic rings. The van der Waals surface area contributed by atoms with Crippen LogP contribution >= 0.6 is 11.8 Å². The van der Waals surface area contributed by atoms with E-state index in [9.17, 15) is 9.59 Å². The number of ether oxygens (including phenoxy) is 2. The zero-order chi connectivity index (χ0) is 22.3. The van der Waals surface area contributed by atoms with Gasteiger partial charge in [0.05, 0.1) is 12.1 Å². The molecule has 0 bridgehead atoms. The van der Waals surface area contributed by atoms with E-state index in [1.54, 1.807) is 10.9 Å². The zero-order valence-electron chi connectivity index (χ0n) is 18.3. The average Bonchev–Trinajstić information content (AvgIpc) is 3.20. The molecule has 1 aromatic heterocycles. The van der Waals surface area contributed by atoms with Crippen molar-refractivity contribution < 1.29 is 23.5 Å². The smallest absolute Gasteiger partial charge is 0.430 e. The summed E-state index contributed by atoms with van der Waals surface area (Å²) in [6, 6.07) is 0. The van der Waals surface area contributed by atoms with Crippen molar-refractivity contribution in [2.45, 2.75) is 51.2 Å². The molecule has 30 heavy (non-hydrogen) atoms. The van der Waals surface area contributed by atoms with Crippen LogP contribution in [0.2, 0.25) is 18.1 Å². The Labute approximate surface area is 182 Å². The Bertz CT molecular complexity index is 889. The van der Waals surface area contributed by atoms with Gasteiger partial charge in [-0.05, 0) is 30.6 Å². The minimum absolute atomic E-state index is 0.0236. The summed E-state index contributed by atoms with van der Waals surface area (Å²) in [7, 11) is -1.99. The van der Waals surface area contributed by atoms with Crippen LogP contribution in [0.15, 0.2) is 30.9 Å². The summed E-state index contributed by atoms with van der Waals surface area (Å²) in [5, 5.41) is 4.74. The second kappa shape index (κ2) is 8.24. The Kier molecular flexibility index (Phi) is 6.22. The zero-order valence-corrected chi connectivity index (χ0v) is 20.1. The number of hydrogen-bond acceptors (Lipinski definition) is 7. The molecule has 0 N–H and O–H groups in total. The fourth-order valence-corrected chi connectivity index (χ4v) is 5.19. The molecule has 3 heterocycles. The van der Waals surface area contributed by atoms with Gasteiger partial charge in [-0.15, -0.1) is 0 Å². The van der Waals surface area contributed by atoms with Crippen molar-refractivity contribution in [1.29, 1.82) is 0 Å². The number of rotatable bonds is 7. The Balaban J connectivity index is 1.78. The minimum atomic E-state index is -1.99. The Morgan fingerprint density at radius 1 is 1.40 bits per heavy atom. The predicted octanol–water partition coefficient (Wildman–Crippen LogP) is 4.17. The van der Waals surface area contributed by atoms with Crippen molar-refractivity contribution in [2.75, 3.05) is 13.2 Å². The molecule has 0 saturated carbocycles. The van der Waals surface area contributed by atoms with Gasteiger partial charge in [-0.1, -0.05) is 45.2 Å². The summed E-state index contributed by atoms with van der Waals surface area (Å²) in [6.45, 7) is 16.6. The molecule has 8 nitrogen and oxygen atoms in total. The Morgan fingerprint density at radius 2 is 2.10 bits per heavy atom. The van der Waals surface area contributed by atoms with Gasteiger partial charge < -0.3 is 13.9 Å². The average molecular weight is 452 g/mol. The first kappa shape index (κ1) is 22.6. The fourth-order valence-electron chi connectivity index (χ4n) is 2.81. The van der Waals surface area contributed by atoms with E-state index >= 15 is 0 Å². The SMILES string of the molecule is C=CCOC(=O)OC1=C(n2cc(C)cn2)S[C@@H]2[C@@H](CO[Si](C)(C)C(C)(C)C)C(=O)N12. The molecule has 10 heteroatoms. The second-order valence-corrected chi connectivity index (χ2v) is 14.8. The van der Waals surface area contributed by atoms with E-state index in [2.05, 4.69) is 45.5 Å². The highest BCUT2D eigenvalue weighted by atomic mass is 32.2. The van der Waals surface area contributed by atoms with Crippen LogP contribution in [0.1, 0.15) is 26.3 Å². The van der Waals surface area contributed by atoms with Gasteiger partial charge in [-0.3, -0.25) is 9.69 Å². The molecule has 3 rings (SSSR count). The van der Waals surface area contributed by atoms with E-state index in [-0.39, 0.29) is 34.7 Å². The largest absolute Gasteiger partial charge is 0.515 e. The number of aromatic nitrogens is 2. The molecule has 1 aromatic rings. The van der Waals surface area contributed by atoms with Gasteiger partial charge >= 0.3 is 6.16 Å². The first-order valence-corrected chi connectivity index (χ1v) is 13.6. The number of nitrogens with zero attached hydrogens (tertiary/aromatic N) is 3. The van der Waals surface area contributed by atoms with E-state index in [0.717, 1.165) is 5.56 Å². The molecule has 1 fully saturated rings. The van der Waals surface area contributed by atoms with Crippen molar-refractivity contribution in [1.82, 2.24) is 14.7 Å². The van der Waals surface area contributed by atoms with Crippen LogP contribution in [-0.2, 0) is 18.7 Å². The van der Waals surface area contributed by atoms with Gasteiger partial charge in [0.25, 0.3) is 0 Å². The first-order chi connectivity index (χ1) is 14.0. The third-order valence-electron chi connectivity index (χ3n) is 5.64. The van der Waals surface area contributed by atoms with Crippen LogP contribution in [0.3, 0.4) is 0 Å². The van der Waals surface area contributed by atoms with Crippen molar-refractivity contribution in [2.24, 2.45) is 5.92 Å². The van der Waals surface area contributed by atoms with Crippen LogP contribution in [-0.4, -0.2) is 53.6 Å². The number of aryl methyl sites for hydroxylation is 1. The number of β-lactam (4-membered cyclic amide) rings is 1. The van der Waals surface area contributed by atoms with Gasteiger partial charge in [-0.2, -0.15) is 5.10 Å². The number of carbonyl (C=O) groups excluding carboxylic acids is 2. The lowest BCUT2D eigenvalue weighted by atomic mass is 10.00. The number of amides is 1. The third kappa shape index (κ3) is 4.21. The summed E-state index contributed by atoms with van der Waals surface area (Å²) in [5.41, 5.74) is 0.954. The normalized spacial score (nSPS) is 21.4. The summed E-state index contributed by atoms with van der Waals surface area (Å²) in [4.78, 5) is 26.5. The van der Waals surface area contributed by atoms with Gasteiger partial charge in [0.15, 0.2) is 13.3 Å². The lowest BCUT2D eigenvalue weighted by molar-refractivity contribution is -0.151. The molecule has 0 aromatic carbocycles. The highest BCUT2D eigenvalue weighted by Crippen LogP contribution is 2.51. The number of carbonyl (C=O) groups is 2. The fraction of sp³-hybridized carbons (Fsp3) is 0.550. The Morgan fingerprint density at radius 3 is 2.67 bits per heavy atom. The lowest BCUT2D eigenvalue weighted by Crippen LogP contribution is -2.59. The van der Waals surface area contributed by atoms with Crippen molar-refractivity contribution >= 4 is 37.2 Å². The van der Waals surface area contributed by atoms with E-state index in [4.69, 9.17) is 13.9 Å².